The molecule has 0 aliphatic carbocycles. The number of carbonyl (C=O) groups excluding carboxylic acids is 4. The second-order valence-corrected chi connectivity index (χ2v) is 8.19. The van der Waals surface area contributed by atoms with E-state index in [2.05, 4.69) is 10.6 Å². The van der Waals surface area contributed by atoms with Crippen molar-refractivity contribution < 1.29 is 28.7 Å². The lowest BCUT2D eigenvalue weighted by molar-refractivity contribution is -0.121. The Balaban J connectivity index is 2.50. The summed E-state index contributed by atoms with van der Waals surface area (Å²) < 4.78 is 10.3. The van der Waals surface area contributed by atoms with Crippen LogP contribution in [0.3, 0.4) is 0 Å². The number of likely N-dealkylation sites (tertiary alicyclic amines) is 1. The lowest BCUT2D eigenvalue weighted by Crippen LogP contribution is -2.45. The van der Waals surface area contributed by atoms with Crippen LogP contribution >= 0.6 is 0 Å². The maximum absolute atomic E-state index is 12.2. The highest BCUT2D eigenvalue weighted by molar-refractivity contribution is 5.83. The van der Waals surface area contributed by atoms with Crippen LogP contribution in [0.4, 0.5) is 9.59 Å². The molecular weight excluding hydrogens is 342 g/mol. The lowest BCUT2D eigenvalue weighted by atomic mass is 10.2. The largest absolute Gasteiger partial charge is 0.444 e. The fraction of sp³-hybridized carbons (Fsp3) is 0.765. The molecule has 1 aliphatic heterocycles. The highest BCUT2D eigenvalue weighted by atomic mass is 16.6. The van der Waals surface area contributed by atoms with Crippen LogP contribution in [-0.4, -0.2) is 65.7 Å². The molecule has 0 aromatic carbocycles. The monoisotopic (exact) mass is 371 g/mol. The number of hydrogen-bond acceptors (Lipinski definition) is 6. The van der Waals surface area contributed by atoms with Crippen LogP contribution < -0.4 is 10.6 Å². The number of alkyl carbamates (subject to hydrolysis) is 1. The fourth-order valence-corrected chi connectivity index (χ4v) is 2.38. The van der Waals surface area contributed by atoms with E-state index in [4.69, 9.17) is 9.47 Å². The summed E-state index contributed by atoms with van der Waals surface area (Å²) in [4.78, 5) is 48.2. The quantitative estimate of drug-likeness (QED) is 0.718. The number of amides is 3. The molecule has 9 nitrogen and oxygen atoms in total. The van der Waals surface area contributed by atoms with Gasteiger partial charge < -0.3 is 24.9 Å². The Morgan fingerprint density at radius 3 is 2.15 bits per heavy atom. The van der Waals surface area contributed by atoms with E-state index in [9.17, 15) is 19.2 Å². The van der Waals surface area contributed by atoms with Crippen molar-refractivity contribution in [2.24, 2.45) is 0 Å². The van der Waals surface area contributed by atoms with Crippen LogP contribution in [0.1, 0.15) is 48.0 Å². The van der Waals surface area contributed by atoms with E-state index in [1.165, 1.54) is 4.90 Å². The maximum atomic E-state index is 12.2. The summed E-state index contributed by atoms with van der Waals surface area (Å²) in [6.07, 6.45) is -0.339. The molecule has 26 heavy (non-hydrogen) atoms. The first kappa shape index (κ1) is 21.7. The summed E-state index contributed by atoms with van der Waals surface area (Å²) in [7, 11) is 0. The average Bonchev–Trinajstić information content (AvgIpc) is 2.84. The maximum Gasteiger partial charge on any atom is 0.410 e. The summed E-state index contributed by atoms with van der Waals surface area (Å²) in [5.74, 6) is -0.434. The van der Waals surface area contributed by atoms with E-state index in [-0.39, 0.29) is 13.1 Å². The van der Waals surface area contributed by atoms with Gasteiger partial charge in [-0.2, -0.15) is 0 Å². The third-order valence-electron chi connectivity index (χ3n) is 3.29. The van der Waals surface area contributed by atoms with Crippen molar-refractivity contribution >= 4 is 24.4 Å². The van der Waals surface area contributed by atoms with Crippen LogP contribution in [0.5, 0.6) is 0 Å². The fourth-order valence-electron chi connectivity index (χ4n) is 2.38. The third kappa shape index (κ3) is 7.71. The molecule has 9 heteroatoms. The predicted molar refractivity (Wildman–Crippen MR) is 93.6 cm³/mol. The van der Waals surface area contributed by atoms with Gasteiger partial charge in [-0.15, -0.1) is 0 Å². The van der Waals surface area contributed by atoms with E-state index >= 15 is 0 Å². The van der Waals surface area contributed by atoms with Gasteiger partial charge in [-0.1, -0.05) is 0 Å². The smallest absolute Gasteiger partial charge is 0.410 e. The van der Waals surface area contributed by atoms with Gasteiger partial charge in [0.25, 0.3) is 0 Å². The molecule has 0 saturated carbocycles. The molecule has 0 aromatic heterocycles. The number of ether oxygens (including phenoxy) is 2. The number of aldehydes is 1. The minimum absolute atomic E-state index is 0.163. The van der Waals surface area contributed by atoms with Crippen LogP contribution in [0.25, 0.3) is 0 Å². The summed E-state index contributed by atoms with van der Waals surface area (Å²) >= 11 is 0. The molecule has 0 aromatic rings. The first-order valence-corrected chi connectivity index (χ1v) is 8.52. The number of carbonyl (C=O) groups is 4. The van der Waals surface area contributed by atoms with Gasteiger partial charge >= 0.3 is 12.2 Å². The normalized spacial score (nSPS) is 20.3. The number of hydrogen-bond donors (Lipinski definition) is 2. The van der Waals surface area contributed by atoms with Crippen LogP contribution in [-0.2, 0) is 19.1 Å². The molecule has 3 amide bonds. The molecule has 2 atom stereocenters. The number of nitrogens with zero attached hydrogens (tertiary/aromatic N) is 1. The summed E-state index contributed by atoms with van der Waals surface area (Å²) in [5.41, 5.74) is -1.33. The predicted octanol–water partition coefficient (Wildman–Crippen LogP) is 1.20. The first-order chi connectivity index (χ1) is 11.8. The van der Waals surface area contributed by atoms with Crippen molar-refractivity contribution in [3.8, 4) is 0 Å². The highest BCUT2D eigenvalue weighted by Crippen LogP contribution is 2.20. The van der Waals surface area contributed by atoms with E-state index < -0.39 is 41.4 Å². The molecule has 1 aliphatic rings. The Hall–Kier alpha value is -2.32. The molecule has 1 fully saturated rings. The van der Waals surface area contributed by atoms with E-state index in [0.717, 1.165) is 0 Å². The second kappa shape index (κ2) is 8.37. The van der Waals surface area contributed by atoms with Gasteiger partial charge in [0.15, 0.2) is 0 Å². The zero-order chi connectivity index (χ0) is 20.1. The van der Waals surface area contributed by atoms with Gasteiger partial charge in [-0.3, -0.25) is 9.69 Å². The minimum atomic E-state index is -0.694. The Morgan fingerprint density at radius 1 is 1.08 bits per heavy atom. The minimum Gasteiger partial charge on any atom is -0.444 e. The molecule has 1 rings (SSSR count). The molecule has 148 valence electrons. The summed E-state index contributed by atoms with van der Waals surface area (Å²) in [5, 5.41) is 5.05. The molecule has 0 unspecified atom stereocenters. The van der Waals surface area contributed by atoms with Crippen molar-refractivity contribution in [1.29, 1.82) is 0 Å². The Kier molecular flexibility index (Phi) is 7.00. The van der Waals surface area contributed by atoms with Gasteiger partial charge in [0.05, 0.1) is 6.04 Å². The van der Waals surface area contributed by atoms with E-state index in [1.54, 1.807) is 41.5 Å². The zero-order valence-electron chi connectivity index (χ0n) is 16.3. The summed E-state index contributed by atoms with van der Waals surface area (Å²) in [6.45, 7) is 10.3. The highest BCUT2D eigenvalue weighted by Gasteiger charge is 2.38. The van der Waals surface area contributed by atoms with Crippen LogP contribution in [0, 0.1) is 0 Å². The third-order valence-corrected chi connectivity index (χ3v) is 3.29. The molecule has 1 heterocycles. The molecule has 1 saturated heterocycles. The number of rotatable bonds is 4. The molecule has 0 radical (unpaired) electrons. The van der Waals surface area contributed by atoms with Crippen molar-refractivity contribution in [3.63, 3.8) is 0 Å². The Bertz CT molecular complexity index is 550. The number of nitrogens with one attached hydrogen (secondary N) is 2. The Morgan fingerprint density at radius 2 is 1.65 bits per heavy atom. The van der Waals surface area contributed by atoms with Gasteiger partial charge in [0, 0.05) is 12.6 Å². The summed E-state index contributed by atoms with van der Waals surface area (Å²) in [6, 6.07) is -1.06. The van der Waals surface area contributed by atoms with Gasteiger partial charge in [0.2, 0.25) is 5.91 Å². The van der Waals surface area contributed by atoms with E-state index in [0.29, 0.717) is 12.7 Å². The van der Waals surface area contributed by atoms with Crippen molar-refractivity contribution in [2.45, 2.75) is 71.2 Å². The first-order valence-electron chi connectivity index (χ1n) is 8.52. The van der Waals surface area contributed by atoms with Crippen molar-refractivity contribution in [3.05, 3.63) is 0 Å². The van der Waals surface area contributed by atoms with Gasteiger partial charge in [-0.05, 0) is 48.0 Å². The SMILES string of the molecule is CC(C)(C)OC(=O)NCC(=O)N[C@@H]1C[C@@H](C=O)N(C(=O)OC(C)(C)C)C1. The zero-order valence-corrected chi connectivity index (χ0v) is 16.3. The van der Waals surface area contributed by atoms with Crippen LogP contribution in [0.2, 0.25) is 0 Å². The standard InChI is InChI=1S/C17H29N3O6/c1-16(2,3)25-14(23)18-8-13(22)19-11-7-12(10-21)20(9-11)15(24)26-17(4,5)6/h10-12H,7-9H2,1-6H3,(H,18,23)(H,19,22)/t11-,12+/m1/s1. The average molecular weight is 371 g/mol. The molecule has 0 spiro atoms. The molecule has 2 N–H and O–H groups in total. The Labute approximate surface area is 153 Å². The topological polar surface area (TPSA) is 114 Å². The van der Waals surface area contributed by atoms with Gasteiger partial charge in [0.1, 0.15) is 24.0 Å². The van der Waals surface area contributed by atoms with Crippen molar-refractivity contribution in [2.75, 3.05) is 13.1 Å². The lowest BCUT2D eigenvalue weighted by Gasteiger charge is -2.26. The second-order valence-electron chi connectivity index (χ2n) is 8.19. The van der Waals surface area contributed by atoms with Crippen molar-refractivity contribution in [1.82, 2.24) is 15.5 Å². The van der Waals surface area contributed by atoms with E-state index in [1.807, 2.05) is 0 Å². The van der Waals surface area contributed by atoms with Crippen LogP contribution in [0.15, 0.2) is 0 Å². The molecular formula is C17H29N3O6. The molecule has 0 bridgehead atoms. The van der Waals surface area contributed by atoms with Gasteiger partial charge in [-0.25, -0.2) is 9.59 Å².